The Kier molecular flexibility index (Phi) is 4.49. The quantitative estimate of drug-likeness (QED) is 0.674. The van der Waals surface area contributed by atoms with E-state index in [4.69, 9.17) is 5.73 Å². The van der Waals surface area contributed by atoms with Gasteiger partial charge in [-0.15, -0.1) is 0 Å². The molecule has 5 heteroatoms. The molecule has 0 bridgehead atoms. The zero-order valence-electron chi connectivity index (χ0n) is 11.6. The molecule has 1 aromatic carbocycles. The molecular formula is C15H22N2O3. The maximum atomic E-state index is 12.1. The van der Waals surface area contributed by atoms with Gasteiger partial charge in [0.25, 0.3) is 5.91 Å². The Morgan fingerprint density at radius 3 is 2.35 bits per heavy atom. The lowest BCUT2D eigenvalue weighted by atomic mass is 9.74. The Morgan fingerprint density at radius 2 is 1.80 bits per heavy atom. The molecule has 1 aliphatic rings. The number of phenols is 2. The predicted octanol–water partition coefficient (Wildman–Crippen LogP) is 1.74. The van der Waals surface area contributed by atoms with Gasteiger partial charge in [-0.3, -0.25) is 4.79 Å². The van der Waals surface area contributed by atoms with Crippen molar-refractivity contribution in [2.24, 2.45) is 11.1 Å². The fourth-order valence-corrected chi connectivity index (χ4v) is 2.87. The largest absolute Gasteiger partial charge is 0.507 e. The summed E-state index contributed by atoms with van der Waals surface area (Å²) < 4.78 is 0. The molecule has 1 aromatic rings. The third-order valence-corrected chi connectivity index (χ3v) is 4.22. The number of phenolic OH excluding ortho intramolecular Hbond substituents is 2. The Balaban J connectivity index is 2.04. The average molecular weight is 278 g/mol. The van der Waals surface area contributed by atoms with Crippen molar-refractivity contribution in [1.82, 2.24) is 5.32 Å². The number of carbonyl (C=O) groups is 1. The van der Waals surface area contributed by atoms with E-state index in [1.165, 1.54) is 24.6 Å². The minimum absolute atomic E-state index is 0.0477. The topological polar surface area (TPSA) is 95.6 Å². The molecule has 2 rings (SSSR count). The van der Waals surface area contributed by atoms with E-state index in [9.17, 15) is 15.0 Å². The summed E-state index contributed by atoms with van der Waals surface area (Å²) in [5.74, 6) is -0.889. The van der Waals surface area contributed by atoms with E-state index >= 15 is 0 Å². The van der Waals surface area contributed by atoms with Crippen molar-refractivity contribution >= 4 is 5.91 Å². The SMILES string of the molecule is NCC1(CNC(=O)c2c(O)cccc2O)CCCCC1. The van der Waals surface area contributed by atoms with Crippen LogP contribution in [0.5, 0.6) is 11.5 Å². The Hall–Kier alpha value is -1.75. The van der Waals surface area contributed by atoms with Crippen molar-refractivity contribution in [3.05, 3.63) is 23.8 Å². The number of carbonyl (C=O) groups excluding carboxylic acids is 1. The number of rotatable bonds is 4. The molecule has 0 atom stereocenters. The van der Waals surface area contributed by atoms with Crippen LogP contribution in [-0.2, 0) is 0 Å². The maximum absolute atomic E-state index is 12.1. The van der Waals surface area contributed by atoms with Gasteiger partial charge in [0.1, 0.15) is 17.1 Å². The van der Waals surface area contributed by atoms with Crippen LogP contribution in [0.2, 0.25) is 0 Å². The molecule has 1 saturated carbocycles. The summed E-state index contributed by atoms with van der Waals surface area (Å²) in [5, 5.41) is 22.2. The molecule has 5 N–H and O–H groups in total. The van der Waals surface area contributed by atoms with Gasteiger partial charge >= 0.3 is 0 Å². The van der Waals surface area contributed by atoms with Gasteiger partial charge in [-0.05, 0) is 36.9 Å². The van der Waals surface area contributed by atoms with Crippen LogP contribution in [0.3, 0.4) is 0 Å². The fourth-order valence-electron chi connectivity index (χ4n) is 2.87. The van der Waals surface area contributed by atoms with E-state index < -0.39 is 5.91 Å². The molecule has 0 radical (unpaired) electrons. The van der Waals surface area contributed by atoms with Crippen LogP contribution >= 0.6 is 0 Å². The van der Waals surface area contributed by atoms with Gasteiger partial charge in [-0.25, -0.2) is 0 Å². The number of amides is 1. The van der Waals surface area contributed by atoms with Gasteiger partial charge < -0.3 is 21.3 Å². The first kappa shape index (κ1) is 14.7. The van der Waals surface area contributed by atoms with Gasteiger partial charge in [0.15, 0.2) is 0 Å². The first-order valence-electron chi connectivity index (χ1n) is 7.07. The van der Waals surface area contributed by atoms with Crippen molar-refractivity contribution in [1.29, 1.82) is 0 Å². The molecule has 1 aliphatic carbocycles. The van der Waals surface area contributed by atoms with E-state index in [0.717, 1.165) is 25.7 Å². The zero-order chi connectivity index (χ0) is 14.6. The van der Waals surface area contributed by atoms with E-state index in [-0.39, 0.29) is 22.5 Å². The van der Waals surface area contributed by atoms with Crippen LogP contribution in [0.1, 0.15) is 42.5 Å². The smallest absolute Gasteiger partial charge is 0.258 e. The highest BCUT2D eigenvalue weighted by Crippen LogP contribution is 2.35. The Bertz CT molecular complexity index is 462. The lowest BCUT2D eigenvalue weighted by molar-refractivity contribution is 0.0908. The normalized spacial score (nSPS) is 17.6. The molecular weight excluding hydrogens is 256 g/mol. The monoisotopic (exact) mass is 278 g/mol. The zero-order valence-corrected chi connectivity index (χ0v) is 11.6. The molecule has 1 amide bonds. The van der Waals surface area contributed by atoms with Crippen LogP contribution in [0, 0.1) is 5.41 Å². The molecule has 0 aliphatic heterocycles. The van der Waals surface area contributed by atoms with Crippen molar-refractivity contribution in [3.63, 3.8) is 0 Å². The second-order valence-electron chi connectivity index (χ2n) is 5.62. The van der Waals surface area contributed by atoms with Crippen LogP contribution in [0.4, 0.5) is 0 Å². The lowest BCUT2D eigenvalue weighted by Gasteiger charge is -2.36. The Labute approximate surface area is 118 Å². The van der Waals surface area contributed by atoms with Crippen LogP contribution in [0.15, 0.2) is 18.2 Å². The Morgan fingerprint density at radius 1 is 1.20 bits per heavy atom. The molecule has 20 heavy (non-hydrogen) atoms. The molecule has 0 aromatic heterocycles. The number of hydrogen-bond donors (Lipinski definition) is 4. The third-order valence-electron chi connectivity index (χ3n) is 4.22. The van der Waals surface area contributed by atoms with E-state index in [1.807, 2.05) is 0 Å². The standard InChI is InChI=1S/C15H22N2O3/c16-9-15(7-2-1-3-8-15)10-17-14(20)13-11(18)5-4-6-12(13)19/h4-6,18-19H,1-3,7-10,16H2,(H,17,20). The highest BCUT2D eigenvalue weighted by molar-refractivity contribution is 5.99. The van der Waals surface area contributed by atoms with Crippen molar-refractivity contribution < 1.29 is 15.0 Å². The van der Waals surface area contributed by atoms with Gasteiger partial charge in [-0.2, -0.15) is 0 Å². The van der Waals surface area contributed by atoms with Gasteiger partial charge in [0, 0.05) is 6.54 Å². The molecule has 0 heterocycles. The molecule has 1 fully saturated rings. The number of aromatic hydroxyl groups is 2. The van der Waals surface area contributed by atoms with Crippen LogP contribution in [0.25, 0.3) is 0 Å². The summed E-state index contributed by atoms with van der Waals surface area (Å²) in [7, 11) is 0. The second-order valence-corrected chi connectivity index (χ2v) is 5.62. The molecule has 0 saturated heterocycles. The van der Waals surface area contributed by atoms with E-state index in [2.05, 4.69) is 5.32 Å². The lowest BCUT2D eigenvalue weighted by Crippen LogP contribution is -2.43. The fraction of sp³-hybridized carbons (Fsp3) is 0.533. The van der Waals surface area contributed by atoms with Crippen LogP contribution < -0.4 is 11.1 Å². The molecule has 0 spiro atoms. The number of nitrogens with one attached hydrogen (secondary N) is 1. The molecule has 0 unspecified atom stereocenters. The predicted molar refractivity (Wildman–Crippen MR) is 76.7 cm³/mol. The third kappa shape index (κ3) is 3.04. The number of nitrogens with two attached hydrogens (primary N) is 1. The van der Waals surface area contributed by atoms with Gasteiger partial charge in [0.2, 0.25) is 0 Å². The second kappa shape index (κ2) is 6.13. The average Bonchev–Trinajstić information content (AvgIpc) is 2.46. The summed E-state index contributed by atoms with van der Waals surface area (Å²) in [6.07, 6.45) is 5.51. The maximum Gasteiger partial charge on any atom is 0.258 e. The van der Waals surface area contributed by atoms with Gasteiger partial charge in [0.05, 0.1) is 0 Å². The van der Waals surface area contributed by atoms with E-state index in [0.29, 0.717) is 13.1 Å². The molecule has 110 valence electrons. The minimum atomic E-state index is -0.459. The number of hydrogen-bond acceptors (Lipinski definition) is 4. The van der Waals surface area contributed by atoms with Crippen LogP contribution in [-0.4, -0.2) is 29.2 Å². The number of benzene rings is 1. The highest BCUT2D eigenvalue weighted by Gasteiger charge is 2.31. The summed E-state index contributed by atoms with van der Waals surface area (Å²) in [6.45, 7) is 1.02. The first-order chi connectivity index (χ1) is 9.58. The minimum Gasteiger partial charge on any atom is -0.507 e. The first-order valence-corrected chi connectivity index (χ1v) is 7.07. The van der Waals surface area contributed by atoms with Gasteiger partial charge in [-0.1, -0.05) is 25.3 Å². The highest BCUT2D eigenvalue weighted by atomic mass is 16.3. The van der Waals surface area contributed by atoms with Crippen molar-refractivity contribution in [2.45, 2.75) is 32.1 Å². The summed E-state index contributed by atoms with van der Waals surface area (Å²) in [5.41, 5.74) is 5.75. The summed E-state index contributed by atoms with van der Waals surface area (Å²) >= 11 is 0. The van der Waals surface area contributed by atoms with Crippen molar-refractivity contribution in [2.75, 3.05) is 13.1 Å². The van der Waals surface area contributed by atoms with Crippen molar-refractivity contribution in [3.8, 4) is 11.5 Å². The summed E-state index contributed by atoms with van der Waals surface area (Å²) in [4.78, 5) is 12.1. The van der Waals surface area contributed by atoms with E-state index in [1.54, 1.807) is 0 Å². The molecule has 5 nitrogen and oxygen atoms in total. The summed E-state index contributed by atoms with van der Waals surface area (Å²) in [6, 6.07) is 4.26.